The molecule has 4 nitrogen and oxygen atoms in total. The van der Waals surface area contributed by atoms with E-state index in [1.54, 1.807) is 18.2 Å². The zero-order valence-corrected chi connectivity index (χ0v) is 13.1. The molecule has 1 aromatic rings. The van der Waals surface area contributed by atoms with E-state index in [0.29, 0.717) is 11.1 Å². The molecule has 0 aliphatic rings. The summed E-state index contributed by atoms with van der Waals surface area (Å²) in [5.74, 6) is -1.01. The highest BCUT2D eigenvalue weighted by Gasteiger charge is 2.11. The molecule has 22 heavy (non-hydrogen) atoms. The fourth-order valence-corrected chi connectivity index (χ4v) is 1.21. The first-order chi connectivity index (χ1) is 10.4. The normalized spacial score (nSPS) is 8.82. The van der Waals surface area contributed by atoms with Crippen molar-refractivity contribution in [3.8, 4) is 0 Å². The third kappa shape index (κ3) is 8.53. The highest BCUT2D eigenvalue weighted by atomic mass is 16.5. The lowest BCUT2D eigenvalue weighted by Gasteiger charge is -2.05. The largest absolute Gasteiger partial charge is 0.458 e. The predicted molar refractivity (Wildman–Crippen MR) is 87.9 cm³/mol. The molecule has 0 saturated heterocycles. The maximum atomic E-state index is 11.6. The van der Waals surface area contributed by atoms with Crippen LogP contribution in [0.5, 0.6) is 0 Å². The summed E-state index contributed by atoms with van der Waals surface area (Å²) in [4.78, 5) is 23.1. The molecule has 0 amide bonds. The summed E-state index contributed by atoms with van der Waals surface area (Å²) < 4.78 is 9.74. The van der Waals surface area contributed by atoms with Gasteiger partial charge in [-0.25, -0.2) is 9.59 Å². The van der Waals surface area contributed by atoms with E-state index in [1.807, 2.05) is 13.8 Å². The van der Waals surface area contributed by atoms with Crippen LogP contribution < -0.4 is 0 Å². The Morgan fingerprint density at radius 2 is 1.36 bits per heavy atom. The van der Waals surface area contributed by atoms with Gasteiger partial charge in [-0.3, -0.25) is 0 Å². The number of hydrogen-bond acceptors (Lipinski definition) is 4. The molecule has 0 N–H and O–H groups in total. The molecule has 0 saturated carbocycles. The Hall–Kier alpha value is -2.62. The molecule has 0 aromatic heterocycles. The minimum Gasteiger partial charge on any atom is -0.458 e. The van der Waals surface area contributed by atoms with Crippen LogP contribution in [0.1, 0.15) is 34.6 Å². The highest BCUT2D eigenvalue weighted by molar-refractivity contribution is 5.95. The topological polar surface area (TPSA) is 52.6 Å². The minimum absolute atomic E-state index is 0.129. The Morgan fingerprint density at radius 3 is 1.68 bits per heavy atom. The Labute approximate surface area is 131 Å². The number of carbonyl (C=O) groups is 2. The Bertz CT molecular complexity index is 501. The monoisotopic (exact) mass is 302 g/mol. The van der Waals surface area contributed by atoms with Gasteiger partial charge in [0.25, 0.3) is 0 Å². The van der Waals surface area contributed by atoms with Gasteiger partial charge in [-0.05, 0) is 32.0 Å². The number of benzene rings is 1. The zero-order chi connectivity index (χ0) is 17.0. The van der Waals surface area contributed by atoms with Crippen LogP contribution in [0.15, 0.2) is 61.7 Å². The van der Waals surface area contributed by atoms with Crippen molar-refractivity contribution in [1.29, 1.82) is 0 Å². The minimum atomic E-state index is -0.506. The average Bonchev–Trinajstić information content (AvgIpc) is 2.49. The third-order valence-electron chi connectivity index (χ3n) is 2.00. The summed E-state index contributed by atoms with van der Waals surface area (Å²) in [6.45, 7) is 14.6. The van der Waals surface area contributed by atoms with Crippen molar-refractivity contribution in [3.05, 3.63) is 72.9 Å². The summed E-state index contributed by atoms with van der Waals surface area (Å²) in [7, 11) is 0. The van der Waals surface area contributed by atoms with Crippen molar-refractivity contribution in [2.75, 3.05) is 13.2 Å². The third-order valence-corrected chi connectivity index (χ3v) is 2.00. The van der Waals surface area contributed by atoms with Crippen LogP contribution in [0.3, 0.4) is 0 Å². The quantitative estimate of drug-likeness (QED) is 0.589. The van der Waals surface area contributed by atoms with E-state index >= 15 is 0 Å². The van der Waals surface area contributed by atoms with Gasteiger partial charge < -0.3 is 9.47 Å². The SMILES string of the molecule is C=C(C)C.C=CCOC(=O)c1cccc(C(=O)OCC=C)c1. The molecular formula is C18H22O4. The van der Waals surface area contributed by atoms with Crippen molar-refractivity contribution in [2.24, 2.45) is 0 Å². The van der Waals surface area contributed by atoms with Gasteiger partial charge in [0, 0.05) is 0 Å². The first-order valence-corrected chi connectivity index (χ1v) is 6.70. The summed E-state index contributed by atoms with van der Waals surface area (Å²) in [5, 5.41) is 0. The second kappa shape index (κ2) is 11.1. The van der Waals surface area contributed by atoms with Gasteiger partial charge in [-0.1, -0.05) is 36.9 Å². The molecule has 1 aromatic carbocycles. The van der Waals surface area contributed by atoms with Crippen LogP contribution in [0.4, 0.5) is 0 Å². The summed E-state index contributed by atoms with van der Waals surface area (Å²) in [6.07, 6.45) is 2.94. The number of ether oxygens (including phenoxy) is 2. The lowest BCUT2D eigenvalue weighted by molar-refractivity contribution is 0.0548. The first-order valence-electron chi connectivity index (χ1n) is 6.70. The fourth-order valence-electron chi connectivity index (χ4n) is 1.21. The predicted octanol–water partition coefficient (Wildman–Crippen LogP) is 3.95. The van der Waals surface area contributed by atoms with Crippen molar-refractivity contribution in [1.82, 2.24) is 0 Å². The highest BCUT2D eigenvalue weighted by Crippen LogP contribution is 2.08. The van der Waals surface area contributed by atoms with E-state index in [0.717, 1.165) is 0 Å². The molecule has 0 spiro atoms. The molecule has 1 rings (SSSR count). The van der Waals surface area contributed by atoms with Crippen molar-refractivity contribution in [2.45, 2.75) is 13.8 Å². The molecule has 0 aliphatic heterocycles. The maximum absolute atomic E-state index is 11.6. The molecular weight excluding hydrogens is 280 g/mol. The van der Waals surface area contributed by atoms with E-state index in [1.165, 1.54) is 23.8 Å². The molecule has 0 heterocycles. The molecule has 0 atom stereocenters. The van der Waals surface area contributed by atoms with Gasteiger partial charge in [0.05, 0.1) is 11.1 Å². The van der Waals surface area contributed by atoms with Gasteiger partial charge in [0.15, 0.2) is 0 Å². The summed E-state index contributed by atoms with van der Waals surface area (Å²) >= 11 is 0. The van der Waals surface area contributed by atoms with Gasteiger partial charge >= 0.3 is 11.9 Å². The van der Waals surface area contributed by atoms with Crippen LogP contribution in [0.25, 0.3) is 0 Å². The van der Waals surface area contributed by atoms with Crippen molar-refractivity contribution in [3.63, 3.8) is 0 Å². The number of hydrogen-bond donors (Lipinski definition) is 0. The summed E-state index contributed by atoms with van der Waals surface area (Å²) in [6, 6.07) is 6.15. The van der Waals surface area contributed by atoms with Gasteiger partial charge in [0.1, 0.15) is 13.2 Å². The summed E-state index contributed by atoms with van der Waals surface area (Å²) in [5.41, 5.74) is 1.76. The maximum Gasteiger partial charge on any atom is 0.338 e. The molecule has 118 valence electrons. The van der Waals surface area contributed by atoms with Gasteiger partial charge in [-0.15, -0.1) is 6.58 Å². The van der Waals surface area contributed by atoms with E-state index in [9.17, 15) is 9.59 Å². The lowest BCUT2D eigenvalue weighted by Crippen LogP contribution is -2.09. The van der Waals surface area contributed by atoms with Crippen LogP contribution in [-0.4, -0.2) is 25.2 Å². The fraction of sp³-hybridized carbons (Fsp3) is 0.222. The van der Waals surface area contributed by atoms with Crippen LogP contribution in [0, 0.1) is 0 Å². The smallest absolute Gasteiger partial charge is 0.338 e. The second-order valence-electron chi connectivity index (χ2n) is 4.56. The molecule has 0 bridgehead atoms. The number of allylic oxidation sites excluding steroid dienone is 1. The first kappa shape index (κ1) is 19.4. The molecule has 0 aliphatic carbocycles. The van der Waals surface area contributed by atoms with Crippen molar-refractivity contribution >= 4 is 11.9 Å². The lowest BCUT2D eigenvalue weighted by atomic mass is 10.1. The molecule has 0 unspecified atom stereocenters. The Kier molecular flexibility index (Phi) is 9.76. The standard InChI is InChI=1S/C14H14O4.C4H8/c1-3-8-17-13(15)11-6-5-7-12(10-11)14(16)18-9-4-2;1-4(2)3/h3-7,10H,1-2,8-9H2;1H2,2-3H3. The van der Waals surface area contributed by atoms with Crippen LogP contribution in [0.2, 0.25) is 0 Å². The van der Waals surface area contributed by atoms with E-state index in [-0.39, 0.29) is 13.2 Å². The second-order valence-corrected chi connectivity index (χ2v) is 4.56. The number of esters is 2. The Balaban J connectivity index is 0.000000980. The van der Waals surface area contributed by atoms with Crippen LogP contribution >= 0.6 is 0 Å². The number of carbonyl (C=O) groups excluding carboxylic acids is 2. The number of rotatable bonds is 6. The molecule has 0 fully saturated rings. The average molecular weight is 302 g/mol. The zero-order valence-electron chi connectivity index (χ0n) is 13.1. The van der Waals surface area contributed by atoms with Crippen molar-refractivity contribution < 1.29 is 19.1 Å². The Morgan fingerprint density at radius 1 is 1.00 bits per heavy atom. The van der Waals surface area contributed by atoms with Gasteiger partial charge in [0.2, 0.25) is 0 Å². The molecule has 0 radical (unpaired) electrons. The van der Waals surface area contributed by atoms with Gasteiger partial charge in [-0.2, -0.15) is 0 Å². The molecule has 4 heteroatoms. The van der Waals surface area contributed by atoms with E-state index in [2.05, 4.69) is 19.7 Å². The van der Waals surface area contributed by atoms with E-state index < -0.39 is 11.9 Å². The van der Waals surface area contributed by atoms with Crippen LogP contribution in [-0.2, 0) is 9.47 Å². The van der Waals surface area contributed by atoms with E-state index in [4.69, 9.17) is 9.47 Å².